The number of rotatable bonds is 8. The zero-order valence-corrected chi connectivity index (χ0v) is 16.4. The molecule has 3 rings (SSSR count). The smallest absolute Gasteiger partial charge is 0.258 e. The van der Waals surface area contributed by atoms with E-state index in [4.69, 9.17) is 4.74 Å². The van der Waals surface area contributed by atoms with E-state index in [1.54, 1.807) is 25.3 Å². The number of carbonyl (C=O) groups is 2. The number of para-hydroxylation sites is 1. The van der Waals surface area contributed by atoms with Crippen LogP contribution >= 0.6 is 0 Å². The van der Waals surface area contributed by atoms with Gasteiger partial charge in [0.15, 0.2) is 6.61 Å². The van der Waals surface area contributed by atoms with Gasteiger partial charge < -0.3 is 19.9 Å². The average Bonchev–Trinajstić information content (AvgIpc) is 3.17. The van der Waals surface area contributed by atoms with E-state index in [-0.39, 0.29) is 18.4 Å². The molecule has 0 spiro atoms. The molecule has 0 fully saturated rings. The predicted octanol–water partition coefficient (Wildman–Crippen LogP) is 2.21. The second-order valence-corrected chi connectivity index (χ2v) is 6.64. The third-order valence-corrected chi connectivity index (χ3v) is 4.42. The molecule has 2 unspecified atom stereocenters. The first-order chi connectivity index (χ1) is 14.0. The Labute approximate surface area is 169 Å². The molecule has 0 bridgehead atoms. The zero-order chi connectivity index (χ0) is 20.6. The lowest BCUT2D eigenvalue weighted by Gasteiger charge is -2.22. The molecular weight excluding hydrogens is 368 g/mol. The third-order valence-electron chi connectivity index (χ3n) is 4.42. The Balaban J connectivity index is 1.61. The molecule has 1 aromatic heterocycles. The Hall–Kier alpha value is -3.61. The van der Waals surface area contributed by atoms with Crippen LogP contribution in [0.3, 0.4) is 0 Å². The molecule has 0 aliphatic heterocycles. The van der Waals surface area contributed by atoms with Crippen molar-refractivity contribution in [3.63, 3.8) is 0 Å². The minimum absolute atomic E-state index is 0.164. The fourth-order valence-corrected chi connectivity index (χ4v) is 2.88. The van der Waals surface area contributed by atoms with Crippen molar-refractivity contribution in [2.75, 3.05) is 6.61 Å². The van der Waals surface area contributed by atoms with Gasteiger partial charge in [-0.05, 0) is 24.6 Å². The van der Waals surface area contributed by atoms with Crippen molar-refractivity contribution in [1.82, 2.24) is 20.2 Å². The molecule has 0 radical (unpaired) electrons. The first-order valence-electron chi connectivity index (χ1n) is 9.34. The fourth-order valence-electron chi connectivity index (χ4n) is 2.88. The molecule has 0 aliphatic rings. The van der Waals surface area contributed by atoms with Crippen molar-refractivity contribution in [2.45, 2.75) is 19.0 Å². The van der Waals surface area contributed by atoms with Crippen molar-refractivity contribution >= 4 is 11.8 Å². The monoisotopic (exact) mass is 392 g/mol. The van der Waals surface area contributed by atoms with E-state index in [9.17, 15) is 9.59 Å². The minimum atomic E-state index is -0.728. The van der Waals surface area contributed by atoms with Crippen LogP contribution in [0.5, 0.6) is 5.75 Å². The summed E-state index contributed by atoms with van der Waals surface area (Å²) >= 11 is 0. The number of benzene rings is 2. The summed E-state index contributed by atoms with van der Waals surface area (Å²) in [4.78, 5) is 29.2. The normalized spacial score (nSPS) is 12.6. The molecule has 0 aliphatic carbocycles. The summed E-state index contributed by atoms with van der Waals surface area (Å²) in [6.07, 6.45) is 3.51. The first kappa shape index (κ1) is 20.1. The van der Waals surface area contributed by atoms with Crippen LogP contribution in [0.15, 0.2) is 73.1 Å². The van der Waals surface area contributed by atoms with Gasteiger partial charge in [-0.25, -0.2) is 4.98 Å². The maximum absolute atomic E-state index is 12.7. The van der Waals surface area contributed by atoms with Crippen LogP contribution in [0.25, 0.3) is 0 Å². The first-order valence-corrected chi connectivity index (χ1v) is 9.34. The fraction of sp³-hybridized carbons (Fsp3) is 0.227. The van der Waals surface area contributed by atoms with E-state index in [2.05, 4.69) is 15.6 Å². The SMILES string of the molecule is CC(NC(=O)COc1ccccc1)C(=O)NC(c1ccccc1)c1nccn1C. The average molecular weight is 392 g/mol. The number of nitrogens with zero attached hydrogens (tertiary/aromatic N) is 2. The second-order valence-electron chi connectivity index (χ2n) is 6.64. The predicted molar refractivity (Wildman–Crippen MR) is 109 cm³/mol. The highest BCUT2D eigenvalue weighted by Crippen LogP contribution is 2.20. The maximum Gasteiger partial charge on any atom is 0.258 e. The molecule has 0 saturated heterocycles. The van der Waals surface area contributed by atoms with Gasteiger partial charge in [0.25, 0.3) is 5.91 Å². The second kappa shape index (κ2) is 9.54. The largest absolute Gasteiger partial charge is 0.484 e. The molecule has 7 nitrogen and oxygen atoms in total. The van der Waals surface area contributed by atoms with Gasteiger partial charge in [-0.2, -0.15) is 0 Å². The Morgan fingerprint density at radius 1 is 1.03 bits per heavy atom. The molecule has 150 valence electrons. The number of hydrogen-bond acceptors (Lipinski definition) is 4. The number of amides is 2. The molecule has 1 heterocycles. The number of aryl methyl sites for hydroxylation is 1. The van der Waals surface area contributed by atoms with Gasteiger partial charge in [0.05, 0.1) is 0 Å². The van der Waals surface area contributed by atoms with Gasteiger partial charge in [0.1, 0.15) is 23.7 Å². The van der Waals surface area contributed by atoms with Crippen LogP contribution in [-0.4, -0.2) is 34.0 Å². The number of nitrogens with one attached hydrogen (secondary N) is 2. The molecule has 2 aromatic carbocycles. The maximum atomic E-state index is 12.7. The lowest BCUT2D eigenvalue weighted by atomic mass is 10.1. The van der Waals surface area contributed by atoms with Crippen molar-refractivity contribution in [3.8, 4) is 5.75 Å². The summed E-state index contributed by atoms with van der Waals surface area (Å²) in [6, 6.07) is 17.5. The summed E-state index contributed by atoms with van der Waals surface area (Å²) in [7, 11) is 1.87. The van der Waals surface area contributed by atoms with Crippen LogP contribution in [0.4, 0.5) is 0 Å². The summed E-state index contributed by atoms with van der Waals surface area (Å²) < 4.78 is 7.27. The molecule has 7 heteroatoms. The molecule has 0 saturated carbocycles. The van der Waals surface area contributed by atoms with Crippen molar-refractivity contribution < 1.29 is 14.3 Å². The number of imidazole rings is 1. The topological polar surface area (TPSA) is 85.2 Å². The lowest BCUT2D eigenvalue weighted by molar-refractivity contribution is -0.129. The van der Waals surface area contributed by atoms with Gasteiger partial charge in [0, 0.05) is 19.4 Å². The van der Waals surface area contributed by atoms with Crippen molar-refractivity contribution in [2.24, 2.45) is 7.05 Å². The van der Waals surface area contributed by atoms with Gasteiger partial charge in [-0.1, -0.05) is 48.5 Å². The van der Waals surface area contributed by atoms with Gasteiger partial charge in [-0.3, -0.25) is 9.59 Å². The number of hydrogen-bond donors (Lipinski definition) is 2. The highest BCUT2D eigenvalue weighted by molar-refractivity contribution is 5.88. The number of ether oxygens (including phenoxy) is 1. The lowest BCUT2D eigenvalue weighted by Crippen LogP contribution is -2.47. The standard InChI is InChI=1S/C22H24N4O3/c1-16(24-19(27)15-29-18-11-7-4-8-12-18)22(28)25-20(17-9-5-3-6-10-17)21-23-13-14-26(21)2/h3-14,16,20H,15H2,1-2H3,(H,24,27)(H,25,28). The Morgan fingerprint density at radius 3 is 2.31 bits per heavy atom. The van der Waals surface area contributed by atoms with Crippen LogP contribution in [-0.2, 0) is 16.6 Å². The molecule has 29 heavy (non-hydrogen) atoms. The quantitative estimate of drug-likeness (QED) is 0.616. The molecule has 3 aromatic rings. The minimum Gasteiger partial charge on any atom is -0.484 e. The van der Waals surface area contributed by atoms with E-state index < -0.39 is 12.1 Å². The zero-order valence-electron chi connectivity index (χ0n) is 16.4. The highest BCUT2D eigenvalue weighted by atomic mass is 16.5. The highest BCUT2D eigenvalue weighted by Gasteiger charge is 2.24. The van der Waals surface area contributed by atoms with E-state index in [0.29, 0.717) is 11.6 Å². The van der Waals surface area contributed by atoms with Crippen LogP contribution in [0.2, 0.25) is 0 Å². The van der Waals surface area contributed by atoms with Gasteiger partial charge >= 0.3 is 0 Å². The summed E-state index contributed by atoms with van der Waals surface area (Å²) in [6.45, 7) is 1.47. The molecule has 2 amide bonds. The van der Waals surface area contributed by atoms with E-state index >= 15 is 0 Å². The molecule has 2 N–H and O–H groups in total. The van der Waals surface area contributed by atoms with E-state index in [1.807, 2.05) is 66.3 Å². The molecular formula is C22H24N4O3. The Bertz CT molecular complexity index is 941. The Morgan fingerprint density at radius 2 is 1.69 bits per heavy atom. The van der Waals surface area contributed by atoms with Crippen molar-refractivity contribution in [1.29, 1.82) is 0 Å². The number of carbonyl (C=O) groups excluding carboxylic acids is 2. The number of aromatic nitrogens is 2. The van der Waals surface area contributed by atoms with E-state index in [0.717, 1.165) is 5.56 Å². The van der Waals surface area contributed by atoms with E-state index in [1.165, 1.54) is 0 Å². The van der Waals surface area contributed by atoms with Gasteiger partial charge in [0.2, 0.25) is 5.91 Å². The molecule has 2 atom stereocenters. The van der Waals surface area contributed by atoms with Crippen LogP contribution < -0.4 is 15.4 Å². The third kappa shape index (κ3) is 5.44. The summed E-state index contributed by atoms with van der Waals surface area (Å²) in [5, 5.41) is 5.64. The van der Waals surface area contributed by atoms with Crippen molar-refractivity contribution in [3.05, 3.63) is 84.4 Å². The summed E-state index contributed by atoms with van der Waals surface area (Å²) in [5.41, 5.74) is 0.904. The van der Waals surface area contributed by atoms with Crippen LogP contribution in [0, 0.1) is 0 Å². The summed E-state index contributed by atoms with van der Waals surface area (Å²) in [5.74, 6) is 0.619. The van der Waals surface area contributed by atoms with Crippen LogP contribution in [0.1, 0.15) is 24.4 Å². The van der Waals surface area contributed by atoms with Gasteiger partial charge in [-0.15, -0.1) is 0 Å². The Kier molecular flexibility index (Phi) is 6.63.